The van der Waals surface area contributed by atoms with Crippen molar-refractivity contribution in [3.63, 3.8) is 0 Å². The summed E-state index contributed by atoms with van der Waals surface area (Å²) >= 11 is 5.93. The van der Waals surface area contributed by atoms with E-state index in [0.717, 1.165) is 23.9 Å². The molecule has 3 aromatic rings. The minimum absolute atomic E-state index is 0.0731. The number of hydrogen-bond donors (Lipinski definition) is 1. The lowest BCUT2D eigenvalue weighted by atomic mass is 9.96. The van der Waals surface area contributed by atoms with Gasteiger partial charge >= 0.3 is 0 Å². The topological polar surface area (TPSA) is 67.2 Å². The summed E-state index contributed by atoms with van der Waals surface area (Å²) in [6.07, 6.45) is 1.53. The first-order chi connectivity index (χ1) is 14.7. The van der Waals surface area contributed by atoms with Crippen LogP contribution in [0.15, 0.2) is 48.5 Å². The summed E-state index contributed by atoms with van der Waals surface area (Å²) in [4.78, 5) is 32.4. The van der Waals surface area contributed by atoms with Crippen molar-refractivity contribution < 1.29 is 9.59 Å². The van der Waals surface area contributed by atoms with Gasteiger partial charge < -0.3 is 9.47 Å². The summed E-state index contributed by atoms with van der Waals surface area (Å²) in [5.41, 5.74) is 2.16. The van der Waals surface area contributed by atoms with Gasteiger partial charge in [-0.3, -0.25) is 14.9 Å². The number of likely N-dealkylation sites (tertiary alicyclic amines) is 1. The highest BCUT2D eigenvalue weighted by atomic mass is 35.5. The molecule has 0 aliphatic carbocycles. The molecule has 7 heteroatoms. The number of piperidine rings is 1. The Morgan fingerprint density at radius 1 is 1.10 bits per heavy atom. The lowest BCUT2D eigenvalue weighted by Crippen LogP contribution is -2.44. The van der Waals surface area contributed by atoms with E-state index in [1.165, 1.54) is 0 Å². The second-order valence-corrected chi connectivity index (χ2v) is 9.45. The van der Waals surface area contributed by atoms with Crippen LogP contribution < -0.4 is 5.32 Å². The summed E-state index contributed by atoms with van der Waals surface area (Å²) in [7, 11) is 0. The molecule has 1 aromatic heterocycles. The van der Waals surface area contributed by atoms with Crippen LogP contribution in [-0.2, 0) is 10.3 Å². The number of rotatable bonds is 3. The first-order valence-corrected chi connectivity index (χ1v) is 11.0. The first-order valence-electron chi connectivity index (χ1n) is 10.6. The van der Waals surface area contributed by atoms with Crippen LogP contribution in [0.25, 0.3) is 11.0 Å². The van der Waals surface area contributed by atoms with Crippen LogP contribution in [0.1, 0.15) is 44.0 Å². The van der Waals surface area contributed by atoms with Crippen LogP contribution in [0.4, 0.5) is 5.95 Å². The number of carbonyl (C=O) groups is 2. The number of anilines is 1. The van der Waals surface area contributed by atoms with Gasteiger partial charge in [-0.05, 0) is 70.0 Å². The number of nitrogens with zero attached hydrogens (tertiary/aromatic N) is 3. The third-order valence-corrected chi connectivity index (χ3v) is 5.89. The number of halogens is 1. The highest BCUT2D eigenvalue weighted by molar-refractivity contribution is 6.30. The zero-order chi connectivity index (χ0) is 22.2. The van der Waals surface area contributed by atoms with Gasteiger partial charge in [0, 0.05) is 29.2 Å². The number of imidazole rings is 1. The monoisotopic (exact) mass is 438 g/mol. The fourth-order valence-electron chi connectivity index (χ4n) is 4.15. The summed E-state index contributed by atoms with van der Waals surface area (Å²) in [6, 6.07) is 14.7. The van der Waals surface area contributed by atoms with E-state index in [4.69, 9.17) is 11.6 Å². The quantitative estimate of drug-likeness (QED) is 0.630. The van der Waals surface area contributed by atoms with Crippen molar-refractivity contribution >= 4 is 40.4 Å². The van der Waals surface area contributed by atoms with Crippen molar-refractivity contribution in [3.05, 3.63) is 59.1 Å². The molecule has 4 rings (SSSR count). The van der Waals surface area contributed by atoms with E-state index in [2.05, 4.69) is 35.6 Å². The van der Waals surface area contributed by atoms with E-state index in [1.54, 1.807) is 29.2 Å². The van der Waals surface area contributed by atoms with Gasteiger partial charge in [-0.1, -0.05) is 23.7 Å². The fourth-order valence-corrected chi connectivity index (χ4v) is 4.28. The average Bonchev–Trinajstić information content (AvgIpc) is 3.12. The zero-order valence-corrected chi connectivity index (χ0v) is 18.8. The molecule has 1 aliphatic rings. The molecule has 1 saturated heterocycles. The maximum atomic E-state index is 13.2. The molecule has 1 atom stereocenters. The molecule has 2 amide bonds. The van der Waals surface area contributed by atoms with Gasteiger partial charge in [0.15, 0.2) is 0 Å². The summed E-state index contributed by atoms with van der Waals surface area (Å²) in [5, 5.41) is 3.63. The molecular weight excluding hydrogens is 412 g/mol. The number of hydrogen-bond acceptors (Lipinski definition) is 3. The number of para-hydroxylation sites is 2. The SMILES string of the molecule is CC(C)(C)n1c(NC(=O)C2CCCN(C(=O)c3ccc(Cl)cc3)C2)nc2ccccc21. The Balaban J connectivity index is 1.53. The Kier molecular flexibility index (Phi) is 5.75. The molecule has 1 aliphatic heterocycles. The Morgan fingerprint density at radius 3 is 2.52 bits per heavy atom. The summed E-state index contributed by atoms with van der Waals surface area (Å²) in [5.74, 6) is 0.0867. The van der Waals surface area contributed by atoms with Crippen LogP contribution in [0.5, 0.6) is 0 Å². The molecule has 0 spiro atoms. The third kappa shape index (κ3) is 4.44. The average molecular weight is 439 g/mol. The predicted octanol–water partition coefficient (Wildman–Crippen LogP) is 4.94. The minimum atomic E-state index is -0.279. The second-order valence-electron chi connectivity index (χ2n) is 9.02. The number of carbonyl (C=O) groups excluding carboxylic acids is 2. The third-order valence-electron chi connectivity index (χ3n) is 5.64. The van der Waals surface area contributed by atoms with Crippen molar-refractivity contribution in [2.24, 2.45) is 5.92 Å². The summed E-state index contributed by atoms with van der Waals surface area (Å²) < 4.78 is 2.06. The molecule has 1 fully saturated rings. The van der Waals surface area contributed by atoms with Crippen molar-refractivity contribution in [2.45, 2.75) is 39.2 Å². The highest BCUT2D eigenvalue weighted by Gasteiger charge is 2.31. The minimum Gasteiger partial charge on any atom is -0.338 e. The van der Waals surface area contributed by atoms with Crippen molar-refractivity contribution in [1.29, 1.82) is 0 Å². The van der Waals surface area contributed by atoms with E-state index in [0.29, 0.717) is 29.6 Å². The highest BCUT2D eigenvalue weighted by Crippen LogP contribution is 2.29. The number of aromatic nitrogens is 2. The maximum Gasteiger partial charge on any atom is 0.253 e. The van der Waals surface area contributed by atoms with Gasteiger partial charge in [0.05, 0.1) is 17.0 Å². The number of nitrogens with one attached hydrogen (secondary N) is 1. The normalized spacial score (nSPS) is 17.0. The van der Waals surface area contributed by atoms with Gasteiger partial charge in [-0.15, -0.1) is 0 Å². The lowest BCUT2D eigenvalue weighted by molar-refractivity contribution is -0.121. The molecule has 1 unspecified atom stereocenters. The van der Waals surface area contributed by atoms with Crippen LogP contribution in [0.3, 0.4) is 0 Å². The second kappa shape index (κ2) is 8.35. The van der Waals surface area contributed by atoms with Crippen LogP contribution in [0, 0.1) is 5.92 Å². The van der Waals surface area contributed by atoms with E-state index in [9.17, 15) is 9.59 Å². The fraction of sp³-hybridized carbons (Fsp3) is 0.375. The van der Waals surface area contributed by atoms with Crippen LogP contribution in [-0.4, -0.2) is 39.4 Å². The van der Waals surface area contributed by atoms with Gasteiger partial charge in [0.2, 0.25) is 11.9 Å². The molecule has 2 aromatic carbocycles. The number of benzene rings is 2. The largest absolute Gasteiger partial charge is 0.338 e. The van der Waals surface area contributed by atoms with E-state index in [-0.39, 0.29) is 23.3 Å². The molecule has 1 N–H and O–H groups in total. The van der Waals surface area contributed by atoms with Gasteiger partial charge in [-0.25, -0.2) is 4.98 Å². The van der Waals surface area contributed by atoms with E-state index >= 15 is 0 Å². The molecule has 6 nitrogen and oxygen atoms in total. The molecule has 0 radical (unpaired) electrons. The molecule has 0 saturated carbocycles. The Labute approximate surface area is 187 Å². The Bertz CT molecular complexity index is 1110. The first kappa shape index (κ1) is 21.4. The van der Waals surface area contributed by atoms with Crippen molar-refractivity contribution in [1.82, 2.24) is 14.5 Å². The standard InChI is InChI=1S/C24H27ClN4O2/c1-24(2,3)29-20-9-5-4-8-19(20)26-23(29)27-21(30)17-7-6-14-28(15-17)22(31)16-10-12-18(25)13-11-16/h4-5,8-13,17H,6-7,14-15H2,1-3H3,(H,26,27,30). The smallest absolute Gasteiger partial charge is 0.253 e. The van der Waals surface area contributed by atoms with Crippen LogP contribution >= 0.6 is 11.6 Å². The van der Waals surface area contributed by atoms with Gasteiger partial charge in [0.1, 0.15) is 0 Å². The Hall–Kier alpha value is -2.86. The Morgan fingerprint density at radius 2 is 1.81 bits per heavy atom. The number of fused-ring (bicyclic) bond motifs is 1. The maximum absolute atomic E-state index is 13.2. The van der Waals surface area contributed by atoms with Gasteiger partial charge in [0.25, 0.3) is 5.91 Å². The molecule has 2 heterocycles. The number of amides is 2. The van der Waals surface area contributed by atoms with Gasteiger partial charge in [-0.2, -0.15) is 0 Å². The zero-order valence-electron chi connectivity index (χ0n) is 18.1. The molecule has 162 valence electrons. The van der Waals surface area contributed by atoms with E-state index in [1.807, 2.05) is 24.3 Å². The lowest BCUT2D eigenvalue weighted by Gasteiger charge is -2.32. The molecule has 31 heavy (non-hydrogen) atoms. The summed E-state index contributed by atoms with van der Waals surface area (Å²) in [6.45, 7) is 7.30. The van der Waals surface area contributed by atoms with Crippen LogP contribution in [0.2, 0.25) is 5.02 Å². The van der Waals surface area contributed by atoms with E-state index < -0.39 is 0 Å². The van der Waals surface area contributed by atoms with Crippen molar-refractivity contribution in [2.75, 3.05) is 18.4 Å². The van der Waals surface area contributed by atoms with Crippen molar-refractivity contribution in [3.8, 4) is 0 Å². The predicted molar refractivity (Wildman–Crippen MR) is 123 cm³/mol. The molecular formula is C24H27ClN4O2. The molecule has 0 bridgehead atoms.